The SMILES string of the molecule is Cc1cc(C)c(CNC(=O)c2cc(-c3ccc(N4CCN(CCNC(=O)CCCCCCCCCC(=O)N[C@H](C(=O)N5C[C@H](O)C[C@H]5C(=O)NCc5ccc(-c6scnc6C)cc5)C(C)(C)C)CC4)nc3)cc3c2cnn3C(C)C)c(=O)[nH]1. The molecule has 83 heavy (non-hydrogen) atoms. The average molecular weight is 1150 g/mol. The van der Waals surface area contributed by atoms with Gasteiger partial charge < -0.3 is 41.2 Å². The molecule has 6 N–H and O–H groups in total. The van der Waals surface area contributed by atoms with Gasteiger partial charge in [-0.3, -0.25) is 38.3 Å². The second kappa shape index (κ2) is 28.3. The Morgan fingerprint density at radius 1 is 0.783 bits per heavy atom. The van der Waals surface area contributed by atoms with Gasteiger partial charge >= 0.3 is 0 Å². The maximum Gasteiger partial charge on any atom is 0.253 e. The number of nitrogens with one attached hydrogen (secondary N) is 5. The molecule has 2 aromatic carbocycles. The van der Waals surface area contributed by atoms with Gasteiger partial charge in [-0.05, 0) is 105 Å². The van der Waals surface area contributed by atoms with Crippen molar-refractivity contribution in [2.24, 2.45) is 5.41 Å². The summed E-state index contributed by atoms with van der Waals surface area (Å²) in [6, 6.07) is 16.2. The van der Waals surface area contributed by atoms with Gasteiger partial charge in [0.25, 0.3) is 11.5 Å². The van der Waals surface area contributed by atoms with Gasteiger partial charge in [0.1, 0.15) is 17.9 Å². The molecule has 8 rings (SSSR count). The van der Waals surface area contributed by atoms with Crippen LogP contribution < -0.4 is 31.7 Å². The van der Waals surface area contributed by atoms with Gasteiger partial charge in [0.05, 0.1) is 39.5 Å². The zero-order chi connectivity index (χ0) is 59.4. The Morgan fingerprint density at radius 3 is 2.11 bits per heavy atom. The lowest BCUT2D eigenvalue weighted by molar-refractivity contribution is -0.144. The number of β-amino-alcohol motifs (C(OH)–C–C–N with tert-alkyl or cyclic N) is 1. The summed E-state index contributed by atoms with van der Waals surface area (Å²) in [6.07, 6.45) is 9.99. The highest BCUT2D eigenvalue weighted by atomic mass is 32.1. The largest absolute Gasteiger partial charge is 0.391 e. The number of pyridine rings is 2. The third kappa shape index (κ3) is 16.3. The number of hydrogen-bond donors (Lipinski definition) is 6. The molecule has 2 saturated heterocycles. The second-order valence-electron chi connectivity index (χ2n) is 23.8. The lowest BCUT2D eigenvalue weighted by Crippen LogP contribution is -2.57. The standard InChI is InChI=1S/C63H84N12O7S/c1-40(2)75-52-32-47(31-49(51(52)37-69-75)59(79)67-36-50-41(3)30-42(4)70-60(50)80)46-22-23-54(65-35-46)73-28-26-72(27-29-73)25-24-64-55(77)16-14-12-10-9-11-13-15-17-56(78)71-58(63(6,7)8)62(82)74-38-48(76)33-53(74)61(81)66-34-44-18-20-45(21-19-44)57-43(5)68-39-83-57/h18-23,30-32,35,37,39-40,48,53,58,76H,9-17,24-29,33-34,36,38H2,1-8H3,(H,64,77)(H,66,81)(H,67,79)(H,70,80)(H,71,78)/t48-,53+,58-/m1/s1. The summed E-state index contributed by atoms with van der Waals surface area (Å²) in [7, 11) is 0. The number of fused-ring (bicyclic) bond motifs is 1. The van der Waals surface area contributed by atoms with Crippen molar-refractivity contribution in [1.29, 1.82) is 0 Å². The van der Waals surface area contributed by atoms with Crippen molar-refractivity contribution >= 4 is 57.6 Å². The average Bonchev–Trinajstić information content (AvgIpc) is 4.45. The van der Waals surface area contributed by atoms with Crippen LogP contribution in [0.2, 0.25) is 0 Å². The topological polar surface area (TPSA) is 240 Å². The highest BCUT2D eigenvalue weighted by molar-refractivity contribution is 7.13. The maximum absolute atomic E-state index is 14.1. The zero-order valence-corrected chi connectivity index (χ0v) is 50.4. The van der Waals surface area contributed by atoms with Crippen LogP contribution in [0.15, 0.2) is 77.3 Å². The molecule has 5 amide bonds. The normalized spacial score (nSPS) is 16.1. The molecule has 444 valence electrons. The van der Waals surface area contributed by atoms with E-state index in [-0.39, 0.29) is 73.6 Å². The van der Waals surface area contributed by atoms with Gasteiger partial charge in [-0.2, -0.15) is 5.10 Å². The van der Waals surface area contributed by atoms with Crippen molar-refractivity contribution in [3.05, 3.63) is 116 Å². The van der Waals surface area contributed by atoms with Crippen molar-refractivity contribution in [1.82, 2.24) is 55.8 Å². The van der Waals surface area contributed by atoms with Crippen LogP contribution in [0.25, 0.3) is 32.5 Å². The number of aryl methyl sites for hydroxylation is 3. The highest BCUT2D eigenvalue weighted by Gasteiger charge is 2.44. The van der Waals surface area contributed by atoms with E-state index in [1.165, 1.54) is 4.90 Å². The first-order valence-corrected chi connectivity index (χ1v) is 30.4. The lowest BCUT2D eigenvalue weighted by Gasteiger charge is -2.35. The Labute approximate surface area is 491 Å². The monoisotopic (exact) mass is 1150 g/mol. The summed E-state index contributed by atoms with van der Waals surface area (Å²) in [5.41, 5.74) is 9.07. The van der Waals surface area contributed by atoms with E-state index < -0.39 is 23.6 Å². The first-order chi connectivity index (χ1) is 39.7. The number of rotatable bonds is 25. The molecule has 0 saturated carbocycles. The number of likely N-dealkylation sites (tertiary alicyclic amines) is 1. The fourth-order valence-corrected chi connectivity index (χ4v) is 11.9. The van der Waals surface area contributed by atoms with Crippen LogP contribution in [0.5, 0.6) is 0 Å². The number of aliphatic hydroxyl groups is 1. The molecule has 6 heterocycles. The van der Waals surface area contributed by atoms with Crippen molar-refractivity contribution in [3.63, 3.8) is 0 Å². The summed E-state index contributed by atoms with van der Waals surface area (Å²) < 4.78 is 1.91. The minimum atomic E-state index is -0.865. The Kier molecular flexibility index (Phi) is 21.1. The number of aliphatic hydroxyl groups excluding tert-OH is 1. The summed E-state index contributed by atoms with van der Waals surface area (Å²) in [4.78, 5) is 99.1. The number of carbonyl (C=O) groups is 5. The predicted octanol–water partition coefficient (Wildman–Crippen LogP) is 7.90. The molecule has 0 aliphatic carbocycles. The number of hydrogen-bond acceptors (Lipinski definition) is 13. The fraction of sp³-hybridized carbons (Fsp3) is 0.508. The molecule has 0 spiro atoms. The summed E-state index contributed by atoms with van der Waals surface area (Å²) >= 11 is 1.58. The number of aromatic nitrogens is 5. The minimum Gasteiger partial charge on any atom is -0.391 e. The van der Waals surface area contributed by atoms with Gasteiger partial charge in [0, 0.05) is 113 Å². The van der Waals surface area contributed by atoms with E-state index in [9.17, 15) is 33.9 Å². The van der Waals surface area contributed by atoms with E-state index in [1.807, 2.05) is 113 Å². The number of benzene rings is 2. The predicted molar refractivity (Wildman–Crippen MR) is 326 cm³/mol. The van der Waals surface area contributed by atoms with E-state index in [0.29, 0.717) is 30.5 Å². The van der Waals surface area contributed by atoms with Gasteiger partial charge in [0.2, 0.25) is 23.6 Å². The summed E-state index contributed by atoms with van der Waals surface area (Å²) in [6.45, 7) is 20.5. The molecule has 3 atom stereocenters. The number of anilines is 1. The van der Waals surface area contributed by atoms with Crippen LogP contribution >= 0.6 is 11.3 Å². The number of H-pyrrole nitrogens is 1. The quantitative estimate of drug-likeness (QED) is 0.0300. The van der Waals surface area contributed by atoms with Crippen molar-refractivity contribution in [2.45, 2.75) is 157 Å². The molecule has 4 aromatic heterocycles. The molecule has 2 fully saturated rings. The Morgan fingerprint density at radius 2 is 1.47 bits per heavy atom. The minimum absolute atomic E-state index is 0.0228. The molecule has 0 radical (unpaired) electrons. The second-order valence-corrected chi connectivity index (χ2v) is 24.6. The zero-order valence-electron chi connectivity index (χ0n) is 49.6. The number of unbranched alkanes of at least 4 members (excludes halogenated alkanes) is 6. The van der Waals surface area contributed by atoms with Crippen LogP contribution in [-0.2, 0) is 32.3 Å². The Balaban J connectivity index is 0.686. The first kappa shape index (κ1) is 61.8. The molecule has 2 aliphatic rings. The summed E-state index contributed by atoms with van der Waals surface area (Å²) in [5, 5.41) is 28.0. The number of nitrogens with zero attached hydrogens (tertiary/aromatic N) is 7. The van der Waals surface area contributed by atoms with E-state index in [1.54, 1.807) is 17.5 Å². The van der Waals surface area contributed by atoms with Gasteiger partial charge in [-0.1, -0.05) is 77.1 Å². The lowest BCUT2D eigenvalue weighted by atomic mass is 9.85. The van der Waals surface area contributed by atoms with Crippen LogP contribution in [-0.4, -0.2) is 133 Å². The van der Waals surface area contributed by atoms with E-state index in [0.717, 1.165) is 132 Å². The van der Waals surface area contributed by atoms with E-state index in [4.69, 9.17) is 4.98 Å². The number of carbonyl (C=O) groups excluding carboxylic acids is 5. The van der Waals surface area contributed by atoms with Crippen molar-refractivity contribution in [3.8, 4) is 21.6 Å². The molecular weight excluding hydrogens is 1070 g/mol. The van der Waals surface area contributed by atoms with Crippen LogP contribution in [0.3, 0.4) is 0 Å². The molecule has 6 aromatic rings. The van der Waals surface area contributed by atoms with Crippen LogP contribution in [0, 0.1) is 26.2 Å². The van der Waals surface area contributed by atoms with Crippen molar-refractivity contribution in [2.75, 3.05) is 50.7 Å². The smallest absolute Gasteiger partial charge is 0.253 e. The number of amides is 5. The molecular formula is C63H84N12O7S. The molecule has 0 unspecified atom stereocenters. The Bertz CT molecular complexity index is 3270. The molecule has 0 bridgehead atoms. The molecule has 2 aliphatic heterocycles. The first-order valence-electron chi connectivity index (χ1n) is 29.5. The van der Waals surface area contributed by atoms with Gasteiger partial charge in [0.15, 0.2) is 0 Å². The van der Waals surface area contributed by atoms with Gasteiger partial charge in [-0.15, -0.1) is 11.3 Å². The number of piperazine rings is 1. The number of aromatic amines is 1. The van der Waals surface area contributed by atoms with Gasteiger partial charge in [-0.25, -0.2) is 9.97 Å². The summed E-state index contributed by atoms with van der Waals surface area (Å²) in [5.74, 6) is -0.260. The molecule has 20 heteroatoms. The fourth-order valence-electron chi connectivity index (χ4n) is 11.1. The van der Waals surface area contributed by atoms with Crippen molar-refractivity contribution < 1.29 is 29.1 Å². The molecule has 19 nitrogen and oxygen atoms in total. The Hall–Kier alpha value is -7.29. The maximum atomic E-state index is 14.1. The third-order valence-electron chi connectivity index (χ3n) is 15.9. The van der Waals surface area contributed by atoms with E-state index in [2.05, 4.69) is 60.0 Å². The van der Waals surface area contributed by atoms with E-state index >= 15 is 0 Å². The van der Waals surface area contributed by atoms with Crippen LogP contribution in [0.4, 0.5) is 5.82 Å². The highest BCUT2D eigenvalue weighted by Crippen LogP contribution is 2.32. The van der Waals surface area contributed by atoms with Crippen LogP contribution in [0.1, 0.15) is 143 Å². The number of thiazole rings is 1. The third-order valence-corrected chi connectivity index (χ3v) is 16.9.